The number of carbonyl (C=O) groups is 2. The smallest absolute Gasteiger partial charge is 0.269 e. The van der Waals surface area contributed by atoms with Crippen molar-refractivity contribution in [3.05, 3.63) is 29.3 Å². The van der Waals surface area contributed by atoms with Crippen molar-refractivity contribution < 1.29 is 22.7 Å². The molecule has 2 amide bonds. The van der Waals surface area contributed by atoms with E-state index >= 15 is 0 Å². The Bertz CT molecular complexity index is 856. The molecular formula is C18H23N3O5S. The first-order valence-corrected chi connectivity index (χ1v) is 10.8. The molecule has 2 saturated heterocycles. The van der Waals surface area contributed by atoms with Gasteiger partial charge in [-0.15, -0.1) is 0 Å². The van der Waals surface area contributed by atoms with Gasteiger partial charge in [-0.1, -0.05) is 0 Å². The summed E-state index contributed by atoms with van der Waals surface area (Å²) in [5.74, 6) is -0.750. The molecule has 1 aromatic carbocycles. The summed E-state index contributed by atoms with van der Waals surface area (Å²) in [6.45, 7) is 3.38. The van der Waals surface area contributed by atoms with Crippen LogP contribution in [0.2, 0.25) is 0 Å². The van der Waals surface area contributed by atoms with Crippen molar-refractivity contribution in [2.45, 2.75) is 30.3 Å². The number of hydrogen-bond acceptors (Lipinski definition) is 6. The standard InChI is InChI=1S/C18H23N3O5S/c22-17(20-8-2-6-19-7-9-20)13-4-5-15-16(11-13)27(24,25)21(18(15)23)12-14-3-1-10-26-14/h4-5,11,14,19H,1-3,6-10,12H2. The lowest BCUT2D eigenvalue weighted by atomic mass is 10.1. The largest absolute Gasteiger partial charge is 0.376 e. The fourth-order valence-electron chi connectivity index (χ4n) is 3.79. The fourth-order valence-corrected chi connectivity index (χ4v) is 5.42. The van der Waals surface area contributed by atoms with Crippen LogP contribution in [-0.4, -0.2) is 74.9 Å². The molecule has 0 saturated carbocycles. The minimum Gasteiger partial charge on any atom is -0.376 e. The molecule has 8 nitrogen and oxygen atoms in total. The Morgan fingerprint density at radius 2 is 2.07 bits per heavy atom. The lowest BCUT2D eigenvalue weighted by Crippen LogP contribution is -2.36. The van der Waals surface area contributed by atoms with Gasteiger partial charge in [0.2, 0.25) is 0 Å². The maximum absolute atomic E-state index is 12.9. The molecule has 3 heterocycles. The van der Waals surface area contributed by atoms with Crippen molar-refractivity contribution in [3.63, 3.8) is 0 Å². The number of nitrogens with one attached hydrogen (secondary N) is 1. The van der Waals surface area contributed by atoms with E-state index < -0.39 is 15.9 Å². The number of hydrogen-bond donors (Lipinski definition) is 1. The highest BCUT2D eigenvalue weighted by molar-refractivity contribution is 7.90. The van der Waals surface area contributed by atoms with Crippen LogP contribution in [0.25, 0.3) is 0 Å². The number of rotatable bonds is 3. The van der Waals surface area contributed by atoms with Gasteiger partial charge < -0.3 is 15.0 Å². The first kappa shape index (κ1) is 18.4. The van der Waals surface area contributed by atoms with E-state index in [1.54, 1.807) is 11.0 Å². The van der Waals surface area contributed by atoms with E-state index in [2.05, 4.69) is 5.32 Å². The predicted octanol–water partition coefficient (Wildman–Crippen LogP) is 0.446. The topological polar surface area (TPSA) is 96.0 Å². The molecule has 0 radical (unpaired) electrons. The number of amides is 2. The van der Waals surface area contributed by atoms with E-state index in [0.717, 1.165) is 30.1 Å². The van der Waals surface area contributed by atoms with Crippen LogP contribution in [-0.2, 0) is 14.8 Å². The minimum absolute atomic E-state index is 0.0247. The third-order valence-electron chi connectivity index (χ3n) is 5.27. The van der Waals surface area contributed by atoms with Crippen LogP contribution in [0.3, 0.4) is 0 Å². The lowest BCUT2D eigenvalue weighted by molar-refractivity contribution is 0.0707. The van der Waals surface area contributed by atoms with E-state index in [1.165, 1.54) is 12.1 Å². The van der Waals surface area contributed by atoms with Crippen LogP contribution in [0.4, 0.5) is 0 Å². The number of sulfonamides is 1. The minimum atomic E-state index is -3.96. The molecule has 0 bridgehead atoms. The average molecular weight is 393 g/mol. The highest BCUT2D eigenvalue weighted by atomic mass is 32.2. The van der Waals surface area contributed by atoms with E-state index in [9.17, 15) is 18.0 Å². The highest BCUT2D eigenvalue weighted by Gasteiger charge is 2.43. The summed E-state index contributed by atoms with van der Waals surface area (Å²) in [4.78, 5) is 27.0. The maximum Gasteiger partial charge on any atom is 0.269 e. The van der Waals surface area contributed by atoms with Gasteiger partial charge >= 0.3 is 0 Å². The monoisotopic (exact) mass is 393 g/mol. The molecule has 1 aromatic rings. The third kappa shape index (κ3) is 3.35. The van der Waals surface area contributed by atoms with Crippen molar-refractivity contribution in [3.8, 4) is 0 Å². The van der Waals surface area contributed by atoms with Crippen molar-refractivity contribution in [1.82, 2.24) is 14.5 Å². The Hall–Kier alpha value is -1.97. The van der Waals surface area contributed by atoms with Crippen LogP contribution >= 0.6 is 0 Å². The summed E-state index contributed by atoms with van der Waals surface area (Å²) >= 11 is 0. The van der Waals surface area contributed by atoms with E-state index in [0.29, 0.717) is 31.8 Å². The van der Waals surface area contributed by atoms with Gasteiger partial charge in [0.15, 0.2) is 0 Å². The van der Waals surface area contributed by atoms with Gasteiger partial charge in [0, 0.05) is 31.8 Å². The number of carbonyl (C=O) groups excluding carboxylic acids is 2. The number of ether oxygens (including phenoxy) is 1. The van der Waals surface area contributed by atoms with Gasteiger partial charge in [-0.3, -0.25) is 9.59 Å². The van der Waals surface area contributed by atoms with Gasteiger partial charge in [-0.2, -0.15) is 0 Å². The van der Waals surface area contributed by atoms with Gasteiger partial charge in [-0.05, 0) is 44.0 Å². The van der Waals surface area contributed by atoms with E-state index in [1.807, 2.05) is 0 Å². The summed E-state index contributed by atoms with van der Waals surface area (Å²) in [7, 11) is -3.96. The Balaban J connectivity index is 1.61. The summed E-state index contributed by atoms with van der Waals surface area (Å²) in [6.07, 6.45) is 2.19. The van der Waals surface area contributed by atoms with Crippen LogP contribution in [0.1, 0.15) is 40.0 Å². The van der Waals surface area contributed by atoms with Gasteiger partial charge in [-0.25, -0.2) is 12.7 Å². The quantitative estimate of drug-likeness (QED) is 0.801. The summed E-state index contributed by atoms with van der Waals surface area (Å²) in [5, 5.41) is 3.23. The van der Waals surface area contributed by atoms with Crippen molar-refractivity contribution >= 4 is 21.8 Å². The molecule has 3 aliphatic heterocycles. The van der Waals surface area contributed by atoms with Gasteiger partial charge in [0.1, 0.15) is 4.90 Å². The van der Waals surface area contributed by atoms with E-state index in [-0.39, 0.29) is 29.0 Å². The molecule has 1 unspecified atom stereocenters. The molecule has 1 N–H and O–H groups in total. The summed E-state index contributed by atoms with van der Waals surface area (Å²) in [5.41, 5.74) is 0.424. The summed E-state index contributed by atoms with van der Waals surface area (Å²) in [6, 6.07) is 4.34. The summed E-state index contributed by atoms with van der Waals surface area (Å²) < 4.78 is 32.2. The Morgan fingerprint density at radius 3 is 2.85 bits per heavy atom. The Morgan fingerprint density at radius 1 is 1.22 bits per heavy atom. The molecule has 0 aromatic heterocycles. The SMILES string of the molecule is O=C(c1ccc2c(c1)S(=O)(=O)N(CC1CCCO1)C2=O)N1CCCNCC1. The zero-order valence-corrected chi connectivity index (χ0v) is 15.8. The first-order chi connectivity index (χ1) is 13.0. The molecule has 9 heteroatoms. The van der Waals surface area contributed by atoms with Crippen LogP contribution in [0.5, 0.6) is 0 Å². The molecule has 1 atom stereocenters. The second-order valence-corrected chi connectivity index (χ2v) is 8.91. The second kappa shape index (κ2) is 7.21. The molecular weight excluding hydrogens is 370 g/mol. The molecule has 0 aliphatic carbocycles. The van der Waals surface area contributed by atoms with Crippen LogP contribution < -0.4 is 5.32 Å². The average Bonchev–Trinajstić information content (AvgIpc) is 3.11. The third-order valence-corrected chi connectivity index (χ3v) is 7.06. The zero-order chi connectivity index (χ0) is 19.0. The Kier molecular flexibility index (Phi) is 4.92. The van der Waals surface area contributed by atoms with Gasteiger partial charge in [0.25, 0.3) is 21.8 Å². The van der Waals surface area contributed by atoms with Crippen LogP contribution in [0.15, 0.2) is 23.1 Å². The molecule has 0 spiro atoms. The lowest BCUT2D eigenvalue weighted by Gasteiger charge is -2.20. The highest BCUT2D eigenvalue weighted by Crippen LogP contribution is 2.32. The van der Waals surface area contributed by atoms with E-state index in [4.69, 9.17) is 4.74 Å². The Labute approximate surface area is 158 Å². The predicted molar refractivity (Wildman–Crippen MR) is 97.0 cm³/mol. The second-order valence-electron chi connectivity index (χ2n) is 7.08. The number of fused-ring (bicyclic) bond motifs is 1. The first-order valence-electron chi connectivity index (χ1n) is 9.31. The van der Waals surface area contributed by atoms with Crippen molar-refractivity contribution in [1.29, 1.82) is 0 Å². The number of nitrogens with zero attached hydrogens (tertiary/aromatic N) is 2. The van der Waals surface area contributed by atoms with Gasteiger partial charge in [0.05, 0.1) is 18.2 Å². The zero-order valence-electron chi connectivity index (χ0n) is 15.0. The number of benzene rings is 1. The maximum atomic E-state index is 12.9. The molecule has 146 valence electrons. The fraction of sp³-hybridized carbons (Fsp3) is 0.556. The van der Waals surface area contributed by atoms with Crippen molar-refractivity contribution in [2.75, 3.05) is 39.3 Å². The van der Waals surface area contributed by atoms with Crippen molar-refractivity contribution in [2.24, 2.45) is 0 Å². The van der Waals surface area contributed by atoms with Crippen LogP contribution in [0, 0.1) is 0 Å². The normalized spacial score (nSPS) is 24.7. The molecule has 2 fully saturated rings. The molecule has 3 aliphatic rings. The molecule has 27 heavy (non-hydrogen) atoms. The molecule has 4 rings (SSSR count).